The van der Waals surface area contributed by atoms with E-state index in [4.69, 9.17) is 11.3 Å². The fourth-order valence-corrected chi connectivity index (χ4v) is 2.68. The predicted molar refractivity (Wildman–Crippen MR) is 103 cm³/mol. The van der Waals surface area contributed by atoms with Gasteiger partial charge >= 0.3 is 11.4 Å². The fourth-order valence-electron chi connectivity index (χ4n) is 2.68. The van der Waals surface area contributed by atoms with Crippen molar-refractivity contribution in [2.75, 3.05) is 6.61 Å². The summed E-state index contributed by atoms with van der Waals surface area (Å²) in [6, 6.07) is 5.54. The van der Waals surface area contributed by atoms with Gasteiger partial charge in [-0.05, 0) is 6.42 Å². The van der Waals surface area contributed by atoms with Crippen molar-refractivity contribution in [1.82, 2.24) is 0 Å². The van der Waals surface area contributed by atoms with E-state index < -0.39 is 37.6 Å². The smallest absolute Gasteiger partial charge is 0.318 e. The average molecular weight is 400 g/mol. The van der Waals surface area contributed by atoms with E-state index in [2.05, 4.69) is 4.85 Å². The number of unbranched alkanes of at least 4 members (excludes halogenated alkanes) is 2. The summed E-state index contributed by atoms with van der Waals surface area (Å²) >= 11 is 0. The van der Waals surface area contributed by atoms with Crippen LogP contribution in [0.1, 0.15) is 26.2 Å². The Morgan fingerprint density at radius 2 is 1.52 bits per heavy atom. The Morgan fingerprint density at radius 3 is 2.00 bits per heavy atom. The maximum Gasteiger partial charge on any atom is 0.318 e. The van der Waals surface area contributed by atoms with Gasteiger partial charge in [-0.15, -0.1) is 0 Å². The van der Waals surface area contributed by atoms with Crippen LogP contribution in [0.4, 0.5) is 22.7 Å². The molecule has 0 bridgehead atoms. The van der Waals surface area contributed by atoms with Crippen LogP contribution in [0.2, 0.25) is 0 Å². The van der Waals surface area contributed by atoms with E-state index in [1.807, 2.05) is 6.92 Å². The van der Waals surface area contributed by atoms with Crippen molar-refractivity contribution < 1.29 is 19.5 Å². The normalized spacial score (nSPS) is 10.2. The summed E-state index contributed by atoms with van der Waals surface area (Å²) in [6.45, 7) is 8.98. The zero-order chi connectivity index (χ0) is 21.6. The molecule has 11 nitrogen and oxygen atoms in total. The number of nitrogens with zero attached hydrogens (tertiary/aromatic N) is 4. The molecule has 0 saturated carbocycles. The SMILES string of the molecule is [C-]#[N+]c1ccc(-c2cc([N+](=O)[O-])c(OCCCCC)c([N+](=O)[O-])c2)c([N+](=O)[O-])c1. The number of rotatable bonds is 9. The van der Waals surface area contributed by atoms with Crippen molar-refractivity contribution in [3.8, 4) is 16.9 Å². The Morgan fingerprint density at radius 1 is 0.931 bits per heavy atom. The lowest BCUT2D eigenvalue weighted by Crippen LogP contribution is -2.04. The van der Waals surface area contributed by atoms with Crippen LogP contribution < -0.4 is 4.74 Å². The molecule has 2 aromatic rings. The number of ether oxygens (including phenoxy) is 1. The number of hydrogen-bond acceptors (Lipinski definition) is 7. The number of nitro benzene ring substituents is 3. The monoisotopic (exact) mass is 400 g/mol. The molecule has 0 saturated heterocycles. The molecule has 0 aromatic heterocycles. The van der Waals surface area contributed by atoms with Gasteiger partial charge in [0.1, 0.15) is 0 Å². The molecule has 0 amide bonds. The Bertz CT molecular complexity index is 979. The van der Waals surface area contributed by atoms with E-state index >= 15 is 0 Å². The second-order valence-corrected chi connectivity index (χ2v) is 5.98. The molecule has 0 spiro atoms. The van der Waals surface area contributed by atoms with Crippen LogP contribution in [0, 0.1) is 36.9 Å². The Hall–Kier alpha value is -4.07. The topological polar surface area (TPSA) is 143 Å². The Balaban J connectivity index is 2.67. The van der Waals surface area contributed by atoms with Gasteiger partial charge in [0.25, 0.3) is 11.4 Å². The lowest BCUT2D eigenvalue weighted by atomic mass is 10.0. The zero-order valence-electron chi connectivity index (χ0n) is 15.4. The van der Waals surface area contributed by atoms with Crippen LogP contribution in [-0.2, 0) is 0 Å². The van der Waals surface area contributed by atoms with Crippen molar-refractivity contribution in [1.29, 1.82) is 0 Å². The quantitative estimate of drug-likeness (QED) is 0.243. The van der Waals surface area contributed by atoms with E-state index in [-0.39, 0.29) is 23.4 Å². The van der Waals surface area contributed by atoms with Gasteiger partial charge in [0.15, 0.2) is 5.69 Å². The highest BCUT2D eigenvalue weighted by Crippen LogP contribution is 2.43. The number of nitro groups is 3. The second-order valence-electron chi connectivity index (χ2n) is 5.98. The summed E-state index contributed by atoms with van der Waals surface area (Å²) in [5, 5.41) is 34.4. The summed E-state index contributed by atoms with van der Waals surface area (Å²) in [4.78, 5) is 35.1. The van der Waals surface area contributed by atoms with Gasteiger partial charge in [-0.25, -0.2) is 4.85 Å². The molecule has 2 rings (SSSR count). The zero-order valence-corrected chi connectivity index (χ0v) is 15.4. The molecule has 0 radical (unpaired) electrons. The Labute approximate surface area is 164 Å². The first-order chi connectivity index (χ1) is 13.8. The van der Waals surface area contributed by atoms with E-state index in [9.17, 15) is 30.3 Å². The molecular weight excluding hydrogens is 384 g/mol. The standard InChI is InChI=1S/C18H16N4O7/c1-3-4-5-8-29-18-16(21(25)26)9-12(10-17(18)22(27)28)14-7-6-13(19-2)11-15(14)20(23)24/h6-7,9-11H,3-5,8H2,1H3. The lowest BCUT2D eigenvalue weighted by molar-refractivity contribution is -0.396. The molecule has 0 aliphatic heterocycles. The second kappa shape index (κ2) is 9.23. The summed E-state index contributed by atoms with van der Waals surface area (Å²) in [5.74, 6) is -0.486. The van der Waals surface area contributed by atoms with Gasteiger partial charge in [0.2, 0.25) is 0 Å². The Kier molecular flexibility index (Phi) is 6.75. The van der Waals surface area contributed by atoms with Gasteiger partial charge < -0.3 is 4.74 Å². The summed E-state index contributed by atoms with van der Waals surface area (Å²) in [6.07, 6.45) is 2.23. The van der Waals surface area contributed by atoms with Crippen LogP contribution in [0.5, 0.6) is 5.75 Å². The maximum atomic E-state index is 11.5. The van der Waals surface area contributed by atoms with Crippen molar-refractivity contribution in [3.63, 3.8) is 0 Å². The highest BCUT2D eigenvalue weighted by molar-refractivity contribution is 5.81. The minimum atomic E-state index is -0.828. The third-order valence-electron chi connectivity index (χ3n) is 4.06. The highest BCUT2D eigenvalue weighted by atomic mass is 16.6. The molecule has 150 valence electrons. The van der Waals surface area contributed by atoms with E-state index in [1.165, 1.54) is 12.1 Å². The van der Waals surface area contributed by atoms with Crippen molar-refractivity contribution in [2.45, 2.75) is 26.2 Å². The van der Waals surface area contributed by atoms with E-state index in [0.29, 0.717) is 6.42 Å². The molecular formula is C18H16N4O7. The van der Waals surface area contributed by atoms with E-state index in [0.717, 1.165) is 31.0 Å². The van der Waals surface area contributed by atoms with Crippen LogP contribution >= 0.6 is 0 Å². The van der Waals surface area contributed by atoms with Crippen molar-refractivity contribution in [2.24, 2.45) is 0 Å². The minimum absolute atomic E-state index is 0.000303. The van der Waals surface area contributed by atoms with Gasteiger partial charge in [0.05, 0.1) is 33.5 Å². The van der Waals surface area contributed by atoms with Crippen LogP contribution in [0.25, 0.3) is 16.0 Å². The van der Waals surface area contributed by atoms with Crippen LogP contribution in [0.3, 0.4) is 0 Å². The van der Waals surface area contributed by atoms with Gasteiger partial charge in [-0.2, -0.15) is 0 Å². The first kappa shape index (κ1) is 21.2. The van der Waals surface area contributed by atoms with E-state index in [1.54, 1.807) is 0 Å². The van der Waals surface area contributed by atoms with Crippen molar-refractivity contribution >= 4 is 22.7 Å². The van der Waals surface area contributed by atoms with Gasteiger partial charge in [-0.1, -0.05) is 31.9 Å². The van der Waals surface area contributed by atoms with Gasteiger partial charge in [-0.3, -0.25) is 30.3 Å². The molecule has 11 heteroatoms. The molecule has 0 N–H and O–H groups in total. The maximum absolute atomic E-state index is 11.5. The molecule has 0 fully saturated rings. The van der Waals surface area contributed by atoms with Gasteiger partial charge in [0, 0.05) is 23.8 Å². The minimum Gasteiger partial charge on any atom is -0.482 e. The van der Waals surface area contributed by atoms with Crippen molar-refractivity contribution in [3.05, 3.63) is 72.1 Å². The molecule has 0 aliphatic carbocycles. The molecule has 2 aromatic carbocycles. The summed E-state index contributed by atoms with van der Waals surface area (Å²) < 4.78 is 5.34. The molecule has 0 unspecified atom stereocenters. The average Bonchev–Trinajstić information content (AvgIpc) is 2.70. The largest absolute Gasteiger partial charge is 0.482 e. The summed E-state index contributed by atoms with van der Waals surface area (Å²) in [7, 11) is 0. The molecule has 0 atom stereocenters. The van der Waals surface area contributed by atoms with Crippen LogP contribution in [0.15, 0.2) is 30.3 Å². The third kappa shape index (κ3) is 4.81. The lowest BCUT2D eigenvalue weighted by Gasteiger charge is -2.10. The number of benzene rings is 2. The first-order valence-corrected chi connectivity index (χ1v) is 8.56. The van der Waals surface area contributed by atoms with Crippen LogP contribution in [-0.4, -0.2) is 21.4 Å². The molecule has 0 aliphatic rings. The highest BCUT2D eigenvalue weighted by Gasteiger charge is 2.30. The molecule has 0 heterocycles. The predicted octanol–water partition coefficient (Wildman–Crippen LogP) is 5.20. The first-order valence-electron chi connectivity index (χ1n) is 8.56. The fraction of sp³-hybridized carbons (Fsp3) is 0.278. The third-order valence-corrected chi connectivity index (χ3v) is 4.06. The summed E-state index contributed by atoms with van der Waals surface area (Å²) in [5.41, 5.74) is -1.97. The number of hydrogen-bond donors (Lipinski definition) is 0. The molecule has 29 heavy (non-hydrogen) atoms.